The second kappa shape index (κ2) is 12.3. The maximum Gasteiger partial charge on any atom is 0.254 e. The number of benzene rings is 2. The fraction of sp³-hybridized carbons (Fsp3) is 0.333. The van der Waals surface area contributed by atoms with Crippen LogP contribution in [0.15, 0.2) is 60.0 Å². The molecule has 0 spiro atoms. The van der Waals surface area contributed by atoms with Gasteiger partial charge in [-0.05, 0) is 60.2 Å². The van der Waals surface area contributed by atoms with E-state index >= 15 is 0 Å². The van der Waals surface area contributed by atoms with Crippen molar-refractivity contribution in [3.8, 4) is 5.75 Å². The Morgan fingerprint density at radius 3 is 2.81 bits per heavy atom. The van der Waals surface area contributed by atoms with E-state index in [0.717, 1.165) is 12.0 Å². The summed E-state index contributed by atoms with van der Waals surface area (Å²) in [7, 11) is 1.60. The van der Waals surface area contributed by atoms with Crippen molar-refractivity contribution in [3.63, 3.8) is 0 Å². The average molecular weight is 531 g/mol. The van der Waals surface area contributed by atoms with Gasteiger partial charge < -0.3 is 19.3 Å². The number of thiophene rings is 1. The molecule has 0 saturated heterocycles. The second-order valence-corrected chi connectivity index (χ2v) is 9.91. The van der Waals surface area contributed by atoms with Crippen LogP contribution in [0.5, 0.6) is 5.75 Å². The number of rotatable bonds is 10. The molecule has 0 fully saturated rings. The number of carbonyl (C=O) groups is 2. The first kappa shape index (κ1) is 26.1. The van der Waals surface area contributed by atoms with E-state index in [1.807, 2.05) is 11.4 Å². The Balaban J connectivity index is 1.53. The van der Waals surface area contributed by atoms with Crippen LogP contribution in [-0.4, -0.2) is 61.6 Å². The quantitative estimate of drug-likeness (QED) is 0.337. The lowest BCUT2D eigenvalue weighted by molar-refractivity contribution is -0.135. The smallest absolute Gasteiger partial charge is 0.254 e. The van der Waals surface area contributed by atoms with Crippen molar-refractivity contribution in [3.05, 3.63) is 86.8 Å². The zero-order valence-electron chi connectivity index (χ0n) is 20.0. The number of carbonyl (C=O) groups excluding carboxylic acids is 2. The van der Waals surface area contributed by atoms with Gasteiger partial charge in [-0.2, -0.15) is 0 Å². The summed E-state index contributed by atoms with van der Waals surface area (Å²) >= 11 is 7.74. The highest BCUT2D eigenvalue weighted by atomic mass is 35.5. The zero-order valence-corrected chi connectivity index (χ0v) is 21.6. The third kappa shape index (κ3) is 6.24. The number of halogens is 2. The molecule has 1 atom stereocenters. The first-order valence-electron chi connectivity index (χ1n) is 11.7. The second-order valence-electron chi connectivity index (χ2n) is 8.48. The summed E-state index contributed by atoms with van der Waals surface area (Å²) < 4.78 is 25.1. The molecule has 2 amide bonds. The molecule has 0 saturated carbocycles. The molecule has 3 aromatic rings. The van der Waals surface area contributed by atoms with Crippen LogP contribution in [-0.2, 0) is 16.0 Å². The Morgan fingerprint density at radius 2 is 2.03 bits per heavy atom. The van der Waals surface area contributed by atoms with Gasteiger partial charge in [-0.1, -0.05) is 29.8 Å². The molecule has 190 valence electrons. The SMILES string of the molecule is COCCCN(CC(=O)N1CCc2sccc2[C@H]1COc1ccccc1F)C(=O)c1cccc(Cl)c1. The average Bonchev–Trinajstić information content (AvgIpc) is 3.36. The fourth-order valence-corrected chi connectivity index (χ4v) is 5.43. The van der Waals surface area contributed by atoms with Gasteiger partial charge in [0.05, 0.1) is 6.04 Å². The first-order chi connectivity index (χ1) is 17.5. The molecular weight excluding hydrogens is 503 g/mol. The maximum absolute atomic E-state index is 14.2. The van der Waals surface area contributed by atoms with E-state index in [9.17, 15) is 14.0 Å². The summed E-state index contributed by atoms with van der Waals surface area (Å²) in [5, 5.41) is 2.45. The predicted molar refractivity (Wildman–Crippen MR) is 138 cm³/mol. The molecule has 9 heteroatoms. The standard InChI is InChI=1S/C27H28ClFN2O4S/c1-34-14-5-12-30(27(33)19-6-4-7-20(28)16-19)17-26(32)31-13-10-25-21(11-15-36-25)23(31)18-35-24-9-3-2-8-22(24)29/h2-4,6-9,11,15-16,23H,5,10,12-14,17-18H2,1H3/t23-/m1/s1. The summed E-state index contributed by atoms with van der Waals surface area (Å²) in [4.78, 5) is 31.4. The number of fused-ring (bicyclic) bond motifs is 1. The van der Waals surface area contributed by atoms with Gasteiger partial charge in [-0.25, -0.2) is 4.39 Å². The molecule has 1 aliphatic rings. The molecule has 1 aromatic heterocycles. The van der Waals surface area contributed by atoms with Crippen LogP contribution >= 0.6 is 22.9 Å². The molecule has 1 aliphatic heterocycles. The number of ether oxygens (including phenoxy) is 2. The van der Waals surface area contributed by atoms with Gasteiger partial charge in [0.2, 0.25) is 5.91 Å². The molecule has 0 aliphatic carbocycles. The fourth-order valence-electron chi connectivity index (χ4n) is 4.32. The van der Waals surface area contributed by atoms with Crippen LogP contribution in [0.4, 0.5) is 4.39 Å². The van der Waals surface area contributed by atoms with Crippen molar-refractivity contribution in [1.29, 1.82) is 0 Å². The monoisotopic (exact) mass is 530 g/mol. The van der Waals surface area contributed by atoms with Crippen LogP contribution in [0.1, 0.15) is 33.3 Å². The Labute approximate surface area is 219 Å². The lowest BCUT2D eigenvalue weighted by atomic mass is 10.0. The van der Waals surface area contributed by atoms with Gasteiger partial charge in [0, 0.05) is 42.3 Å². The molecule has 2 heterocycles. The number of methoxy groups -OCH3 is 1. The van der Waals surface area contributed by atoms with Gasteiger partial charge in [0.15, 0.2) is 11.6 Å². The first-order valence-corrected chi connectivity index (χ1v) is 13.0. The molecule has 2 aromatic carbocycles. The summed E-state index contributed by atoms with van der Waals surface area (Å²) in [6, 6.07) is 14.5. The van der Waals surface area contributed by atoms with Crippen LogP contribution < -0.4 is 4.74 Å². The van der Waals surface area contributed by atoms with E-state index in [2.05, 4.69) is 0 Å². The van der Waals surface area contributed by atoms with Gasteiger partial charge in [0.1, 0.15) is 13.2 Å². The van der Waals surface area contributed by atoms with Crippen molar-refractivity contribution in [2.75, 3.05) is 40.0 Å². The van der Waals surface area contributed by atoms with E-state index in [1.54, 1.807) is 65.8 Å². The van der Waals surface area contributed by atoms with Crippen molar-refractivity contribution in [2.45, 2.75) is 18.9 Å². The van der Waals surface area contributed by atoms with E-state index in [-0.39, 0.29) is 36.8 Å². The minimum atomic E-state index is -0.451. The largest absolute Gasteiger partial charge is 0.488 e. The summed E-state index contributed by atoms with van der Waals surface area (Å²) in [5.74, 6) is -0.770. The molecular formula is C27H28ClFN2O4S. The van der Waals surface area contributed by atoms with Gasteiger partial charge in [-0.3, -0.25) is 9.59 Å². The highest BCUT2D eigenvalue weighted by Gasteiger charge is 2.33. The lowest BCUT2D eigenvalue weighted by Gasteiger charge is -2.37. The summed E-state index contributed by atoms with van der Waals surface area (Å²) in [6.07, 6.45) is 1.31. The topological polar surface area (TPSA) is 59.1 Å². The lowest BCUT2D eigenvalue weighted by Crippen LogP contribution is -2.48. The highest BCUT2D eigenvalue weighted by molar-refractivity contribution is 7.10. The highest BCUT2D eigenvalue weighted by Crippen LogP contribution is 2.34. The number of nitrogens with zero attached hydrogens (tertiary/aromatic N) is 2. The molecule has 4 rings (SSSR count). The van der Waals surface area contributed by atoms with Crippen molar-refractivity contribution < 1.29 is 23.5 Å². The Hall–Kier alpha value is -2.94. The van der Waals surface area contributed by atoms with Crippen molar-refractivity contribution >= 4 is 34.8 Å². The number of amides is 2. The van der Waals surface area contributed by atoms with Crippen molar-refractivity contribution in [1.82, 2.24) is 9.80 Å². The maximum atomic E-state index is 14.2. The molecule has 0 N–H and O–H groups in total. The van der Waals surface area contributed by atoms with Crippen LogP contribution in [0.2, 0.25) is 5.02 Å². The van der Waals surface area contributed by atoms with E-state index in [0.29, 0.717) is 36.7 Å². The minimum Gasteiger partial charge on any atom is -0.488 e. The Morgan fingerprint density at radius 1 is 1.19 bits per heavy atom. The molecule has 0 unspecified atom stereocenters. The normalized spacial score (nSPS) is 14.9. The van der Waals surface area contributed by atoms with E-state index in [4.69, 9.17) is 21.1 Å². The van der Waals surface area contributed by atoms with Gasteiger partial charge >= 0.3 is 0 Å². The number of para-hydroxylation sites is 1. The predicted octanol–water partition coefficient (Wildman–Crippen LogP) is 5.22. The number of hydrogen-bond acceptors (Lipinski definition) is 5. The summed E-state index contributed by atoms with van der Waals surface area (Å²) in [5.41, 5.74) is 1.42. The zero-order chi connectivity index (χ0) is 25.5. The minimum absolute atomic E-state index is 0.0925. The molecule has 0 radical (unpaired) electrons. The van der Waals surface area contributed by atoms with E-state index < -0.39 is 5.82 Å². The Kier molecular flexibility index (Phi) is 8.96. The van der Waals surface area contributed by atoms with Crippen LogP contribution in [0.25, 0.3) is 0 Å². The number of hydrogen-bond donors (Lipinski definition) is 0. The third-order valence-electron chi connectivity index (χ3n) is 6.11. The van der Waals surface area contributed by atoms with Crippen LogP contribution in [0, 0.1) is 5.82 Å². The molecule has 0 bridgehead atoms. The van der Waals surface area contributed by atoms with Gasteiger partial charge in [0.25, 0.3) is 5.91 Å². The molecule has 6 nitrogen and oxygen atoms in total. The van der Waals surface area contributed by atoms with Gasteiger partial charge in [-0.15, -0.1) is 11.3 Å². The summed E-state index contributed by atoms with van der Waals surface area (Å²) in [6.45, 7) is 1.34. The van der Waals surface area contributed by atoms with Crippen molar-refractivity contribution in [2.24, 2.45) is 0 Å². The third-order valence-corrected chi connectivity index (χ3v) is 7.34. The Bertz CT molecular complexity index is 1200. The molecule has 36 heavy (non-hydrogen) atoms. The van der Waals surface area contributed by atoms with E-state index in [1.165, 1.54) is 15.8 Å². The van der Waals surface area contributed by atoms with Crippen LogP contribution in [0.3, 0.4) is 0 Å².